The molecule has 1 aliphatic rings. The second kappa shape index (κ2) is 13.5. The third-order valence-corrected chi connectivity index (χ3v) is 13.9. The van der Waals surface area contributed by atoms with Gasteiger partial charge in [-0.2, -0.15) is 0 Å². The molecule has 0 amide bonds. The van der Waals surface area contributed by atoms with Crippen molar-refractivity contribution < 1.29 is 0 Å². The quantitative estimate of drug-likeness (QED) is 0.161. The van der Waals surface area contributed by atoms with E-state index in [0.29, 0.717) is 0 Å². The van der Waals surface area contributed by atoms with Gasteiger partial charge in [-0.1, -0.05) is 178 Å². The Morgan fingerprint density at radius 2 is 0.889 bits per heavy atom. The normalized spacial score (nSPS) is 13.3. The highest BCUT2D eigenvalue weighted by atomic mass is 15.2. The van der Waals surface area contributed by atoms with Crippen LogP contribution >= 0.6 is 0 Å². The summed E-state index contributed by atoms with van der Waals surface area (Å²) in [7, 11) is 0. The zero-order valence-corrected chi connectivity index (χ0v) is 35.2. The molecule has 12 aromatic rings. The van der Waals surface area contributed by atoms with Gasteiger partial charge in [-0.15, -0.1) is 0 Å². The molecule has 2 heteroatoms. The van der Waals surface area contributed by atoms with Crippen LogP contribution in [0.15, 0.2) is 218 Å². The first-order chi connectivity index (χ1) is 31.0. The molecule has 2 heterocycles. The summed E-state index contributed by atoms with van der Waals surface area (Å²) in [5.41, 5.74) is 14.4. The van der Waals surface area contributed by atoms with Crippen LogP contribution in [0.1, 0.15) is 25.0 Å². The Kier molecular flexibility index (Phi) is 7.68. The van der Waals surface area contributed by atoms with Crippen LogP contribution in [0.2, 0.25) is 0 Å². The molecule has 0 atom stereocenters. The number of anilines is 3. The third kappa shape index (κ3) is 5.31. The van der Waals surface area contributed by atoms with Crippen molar-refractivity contribution in [3.63, 3.8) is 0 Å². The van der Waals surface area contributed by atoms with Gasteiger partial charge in [0.2, 0.25) is 0 Å². The van der Waals surface area contributed by atoms with E-state index in [2.05, 4.69) is 242 Å². The molecule has 1 aromatic heterocycles. The molecule has 0 N–H and O–H groups in total. The van der Waals surface area contributed by atoms with E-state index in [1.807, 2.05) is 0 Å². The van der Waals surface area contributed by atoms with Crippen molar-refractivity contribution in [2.24, 2.45) is 0 Å². The first-order valence-corrected chi connectivity index (χ1v) is 22.0. The van der Waals surface area contributed by atoms with Crippen LogP contribution in [0.5, 0.6) is 0 Å². The fourth-order valence-corrected chi connectivity index (χ4v) is 10.8. The Morgan fingerprint density at radius 3 is 1.63 bits per heavy atom. The fourth-order valence-electron chi connectivity index (χ4n) is 10.8. The van der Waals surface area contributed by atoms with Crippen LogP contribution in [0, 0.1) is 0 Å². The zero-order chi connectivity index (χ0) is 41.8. The molecule has 296 valence electrons. The van der Waals surface area contributed by atoms with Gasteiger partial charge >= 0.3 is 0 Å². The highest BCUT2D eigenvalue weighted by Gasteiger charge is 2.38. The predicted molar refractivity (Wildman–Crippen MR) is 268 cm³/mol. The largest absolute Gasteiger partial charge is 0.309 e. The van der Waals surface area contributed by atoms with Crippen molar-refractivity contribution in [2.75, 3.05) is 4.90 Å². The molecule has 0 unspecified atom stereocenters. The Balaban J connectivity index is 1.04. The Labute approximate surface area is 366 Å². The average Bonchev–Trinajstić information content (AvgIpc) is 3.67. The lowest BCUT2D eigenvalue weighted by molar-refractivity contribution is 0.633. The van der Waals surface area contributed by atoms with E-state index in [1.54, 1.807) is 0 Å². The summed E-state index contributed by atoms with van der Waals surface area (Å²) in [6.45, 7) is 4.78. The summed E-state index contributed by atoms with van der Waals surface area (Å²) in [6, 6.07) is 81.0. The summed E-state index contributed by atoms with van der Waals surface area (Å²) >= 11 is 0. The molecule has 11 aromatic carbocycles. The fraction of sp³-hybridized carbons (Fsp3) is 0.0492. The number of aromatic nitrogens is 1. The van der Waals surface area contributed by atoms with Gasteiger partial charge in [0.1, 0.15) is 0 Å². The van der Waals surface area contributed by atoms with Gasteiger partial charge in [-0.3, -0.25) is 0 Å². The lowest BCUT2D eigenvalue weighted by Crippen LogP contribution is -2.30. The Bertz CT molecular complexity index is 3780. The van der Waals surface area contributed by atoms with Crippen molar-refractivity contribution in [2.45, 2.75) is 19.3 Å². The van der Waals surface area contributed by atoms with Crippen LogP contribution in [-0.2, 0) is 5.41 Å². The Hall–Kier alpha value is -7.94. The molecular weight excluding hydrogens is 761 g/mol. The molecule has 1 aliphatic heterocycles. The van der Waals surface area contributed by atoms with Gasteiger partial charge in [-0.05, 0) is 126 Å². The minimum Gasteiger partial charge on any atom is -0.309 e. The Morgan fingerprint density at radius 1 is 0.317 bits per heavy atom. The van der Waals surface area contributed by atoms with Gasteiger partial charge in [0, 0.05) is 32.9 Å². The smallest absolute Gasteiger partial charge is 0.0581 e. The topological polar surface area (TPSA) is 8.17 Å². The van der Waals surface area contributed by atoms with Crippen molar-refractivity contribution in [1.82, 2.24) is 4.57 Å². The van der Waals surface area contributed by atoms with Gasteiger partial charge in [0.05, 0.1) is 22.4 Å². The SMILES string of the molecule is CC1(C)c2cc(-c3ccc4c5cc(-c6ccccc6)ccc5n(-c5ccc6c7ccccc7c7ccccc7c6c5)c4c3)ccc2N(c2ccccc2)c2c1ccc1ccccc21. The standard InChI is InChI=1S/C61H42N2/c1-61(2)55-32-26-40-17-9-10-20-46(40)60(55)63(44-18-7-4-8-19-44)58-34-28-42(36-56(58)61)43-25-30-52-54-35-41(39-15-5-3-6-16-39)27-33-57(54)62(59(52)37-43)45-29-31-51-49-23-12-11-21-47(49)48-22-13-14-24-50(48)53(51)38-45/h3-38H,1-2H3. The number of benzene rings is 11. The second-order valence-corrected chi connectivity index (χ2v) is 17.7. The van der Waals surface area contributed by atoms with Crippen molar-refractivity contribution in [3.05, 3.63) is 230 Å². The number of nitrogens with zero attached hydrogens (tertiary/aromatic N) is 2. The van der Waals surface area contributed by atoms with Crippen LogP contribution in [0.3, 0.4) is 0 Å². The van der Waals surface area contributed by atoms with Crippen LogP contribution in [0.4, 0.5) is 17.1 Å². The van der Waals surface area contributed by atoms with E-state index in [1.165, 1.54) is 110 Å². The van der Waals surface area contributed by atoms with Crippen LogP contribution in [0.25, 0.3) is 92.8 Å². The highest BCUT2D eigenvalue weighted by Crippen LogP contribution is 2.55. The molecule has 0 saturated heterocycles. The minimum atomic E-state index is -0.249. The minimum absolute atomic E-state index is 0.249. The molecular formula is C61H42N2. The molecule has 0 bridgehead atoms. The van der Waals surface area contributed by atoms with E-state index >= 15 is 0 Å². The van der Waals surface area contributed by atoms with E-state index in [0.717, 1.165) is 11.4 Å². The van der Waals surface area contributed by atoms with Gasteiger partial charge in [0.25, 0.3) is 0 Å². The second-order valence-electron chi connectivity index (χ2n) is 17.7. The van der Waals surface area contributed by atoms with Crippen molar-refractivity contribution in [1.29, 1.82) is 0 Å². The molecule has 0 saturated carbocycles. The zero-order valence-electron chi connectivity index (χ0n) is 35.2. The number of hydrogen-bond donors (Lipinski definition) is 0. The summed E-state index contributed by atoms with van der Waals surface area (Å²) in [6.07, 6.45) is 0. The molecule has 0 aliphatic carbocycles. The lowest BCUT2D eigenvalue weighted by Gasteiger charge is -2.43. The molecule has 13 rings (SSSR count). The van der Waals surface area contributed by atoms with Crippen LogP contribution < -0.4 is 4.90 Å². The summed E-state index contributed by atoms with van der Waals surface area (Å²) < 4.78 is 2.49. The number of rotatable bonds is 4. The van der Waals surface area contributed by atoms with Crippen LogP contribution in [-0.4, -0.2) is 4.57 Å². The van der Waals surface area contributed by atoms with E-state index < -0.39 is 0 Å². The van der Waals surface area contributed by atoms with Gasteiger partial charge < -0.3 is 9.47 Å². The average molecular weight is 803 g/mol. The summed E-state index contributed by atoms with van der Waals surface area (Å²) in [4.78, 5) is 2.49. The lowest BCUT2D eigenvalue weighted by atomic mass is 9.72. The maximum absolute atomic E-state index is 2.49. The molecule has 0 fully saturated rings. The maximum Gasteiger partial charge on any atom is 0.0581 e. The van der Waals surface area contributed by atoms with Crippen molar-refractivity contribution in [3.8, 4) is 27.9 Å². The first-order valence-electron chi connectivity index (χ1n) is 22.0. The first kappa shape index (κ1) is 35.8. The van der Waals surface area contributed by atoms with E-state index in [-0.39, 0.29) is 5.41 Å². The maximum atomic E-state index is 2.49. The predicted octanol–water partition coefficient (Wildman–Crippen LogP) is 16.8. The van der Waals surface area contributed by atoms with E-state index in [9.17, 15) is 0 Å². The number of para-hydroxylation sites is 1. The monoisotopic (exact) mass is 802 g/mol. The summed E-state index contributed by atoms with van der Waals surface area (Å²) in [5, 5.41) is 12.7. The molecule has 0 radical (unpaired) electrons. The summed E-state index contributed by atoms with van der Waals surface area (Å²) in [5.74, 6) is 0. The van der Waals surface area contributed by atoms with Gasteiger partial charge in [0.15, 0.2) is 0 Å². The third-order valence-electron chi connectivity index (χ3n) is 13.9. The van der Waals surface area contributed by atoms with E-state index in [4.69, 9.17) is 0 Å². The van der Waals surface area contributed by atoms with Crippen molar-refractivity contribution >= 4 is 82.0 Å². The van der Waals surface area contributed by atoms with Gasteiger partial charge in [-0.25, -0.2) is 0 Å². The molecule has 0 spiro atoms. The molecule has 2 nitrogen and oxygen atoms in total. The highest BCUT2D eigenvalue weighted by molar-refractivity contribution is 6.25. The molecule has 63 heavy (non-hydrogen) atoms. The number of hydrogen-bond acceptors (Lipinski definition) is 1. The number of fused-ring (bicyclic) bond motifs is 13.